The average Bonchev–Trinajstić information content (AvgIpc) is 2.15. The van der Waals surface area contributed by atoms with Crippen LogP contribution in [0.25, 0.3) is 0 Å². The van der Waals surface area contributed by atoms with Crippen LogP contribution in [0.5, 0.6) is 0 Å². The molecule has 5 nitrogen and oxygen atoms in total. The Kier molecular flexibility index (Phi) is 5.67. The molecule has 0 aliphatic heterocycles. The molecule has 0 saturated carbocycles. The van der Waals surface area contributed by atoms with E-state index in [-0.39, 0.29) is 6.03 Å². The molecule has 0 radical (unpaired) electrons. The minimum absolute atomic E-state index is 0.316. The Labute approximate surface area is 84.1 Å². The molecule has 0 aromatic carbocycles. The highest BCUT2D eigenvalue weighted by Gasteiger charge is 2.19. The lowest BCUT2D eigenvalue weighted by Gasteiger charge is -2.21. The van der Waals surface area contributed by atoms with Gasteiger partial charge in [0.1, 0.15) is 6.04 Å². The maximum Gasteiger partial charge on any atom is 0.326 e. The predicted octanol–water partition coefficient (Wildman–Crippen LogP) is 0.901. The summed E-state index contributed by atoms with van der Waals surface area (Å²) in [6, 6.07) is -1.10. The van der Waals surface area contributed by atoms with Gasteiger partial charge in [-0.05, 0) is 20.3 Å². The van der Waals surface area contributed by atoms with Crippen molar-refractivity contribution in [3.8, 4) is 0 Å². The number of hydrogen-bond acceptors (Lipinski definition) is 2. The van der Waals surface area contributed by atoms with Crippen LogP contribution >= 0.6 is 0 Å². The van der Waals surface area contributed by atoms with Crippen LogP contribution in [0.2, 0.25) is 0 Å². The van der Waals surface area contributed by atoms with Gasteiger partial charge in [-0.2, -0.15) is 0 Å². The van der Waals surface area contributed by atoms with E-state index in [9.17, 15) is 9.59 Å². The zero-order valence-electron chi connectivity index (χ0n) is 8.91. The molecule has 0 rings (SSSR count). The minimum Gasteiger partial charge on any atom is -0.480 e. The SMILES string of the molecule is CCC(NC(=O)N(CC)CC)C(=O)O. The van der Waals surface area contributed by atoms with Gasteiger partial charge < -0.3 is 15.3 Å². The highest BCUT2D eigenvalue weighted by atomic mass is 16.4. The second kappa shape index (κ2) is 6.23. The lowest BCUT2D eigenvalue weighted by molar-refractivity contribution is -0.139. The molecule has 0 aromatic heterocycles. The van der Waals surface area contributed by atoms with Crippen molar-refractivity contribution in [2.75, 3.05) is 13.1 Å². The van der Waals surface area contributed by atoms with E-state index in [4.69, 9.17) is 5.11 Å². The molecule has 0 aliphatic carbocycles. The Hall–Kier alpha value is -1.26. The van der Waals surface area contributed by atoms with Crippen molar-refractivity contribution in [2.24, 2.45) is 0 Å². The van der Waals surface area contributed by atoms with Gasteiger partial charge in [0, 0.05) is 13.1 Å². The summed E-state index contributed by atoms with van der Waals surface area (Å²) in [7, 11) is 0. The normalized spacial score (nSPS) is 11.9. The first-order valence-corrected chi connectivity index (χ1v) is 4.84. The molecule has 5 heteroatoms. The smallest absolute Gasteiger partial charge is 0.326 e. The Morgan fingerprint density at radius 2 is 1.79 bits per heavy atom. The van der Waals surface area contributed by atoms with Gasteiger partial charge in [-0.1, -0.05) is 6.92 Å². The Morgan fingerprint density at radius 3 is 2.07 bits per heavy atom. The number of hydrogen-bond donors (Lipinski definition) is 2. The second-order valence-corrected chi connectivity index (χ2v) is 2.92. The molecule has 0 aromatic rings. The molecular formula is C9H18N2O3. The largest absolute Gasteiger partial charge is 0.480 e. The molecular weight excluding hydrogens is 184 g/mol. The van der Waals surface area contributed by atoms with E-state index in [1.807, 2.05) is 13.8 Å². The lowest BCUT2D eigenvalue weighted by Crippen LogP contribution is -2.47. The molecule has 0 aliphatic rings. The number of nitrogens with zero attached hydrogens (tertiary/aromatic N) is 1. The van der Waals surface area contributed by atoms with Crippen molar-refractivity contribution >= 4 is 12.0 Å². The Bertz CT molecular complexity index is 202. The van der Waals surface area contributed by atoms with Crippen LogP contribution < -0.4 is 5.32 Å². The number of carboxylic acid groups (broad SMARTS) is 1. The monoisotopic (exact) mass is 202 g/mol. The maximum atomic E-state index is 11.4. The fourth-order valence-corrected chi connectivity index (χ4v) is 1.09. The zero-order valence-corrected chi connectivity index (χ0v) is 8.91. The third kappa shape index (κ3) is 3.64. The summed E-state index contributed by atoms with van der Waals surface area (Å²) in [5, 5.41) is 11.2. The van der Waals surface area contributed by atoms with Crippen LogP contribution in [-0.4, -0.2) is 41.1 Å². The number of amides is 2. The topological polar surface area (TPSA) is 69.6 Å². The zero-order chi connectivity index (χ0) is 11.1. The van der Waals surface area contributed by atoms with E-state index < -0.39 is 12.0 Å². The lowest BCUT2D eigenvalue weighted by atomic mass is 10.2. The molecule has 2 amide bonds. The summed E-state index contributed by atoms with van der Waals surface area (Å²) in [5.41, 5.74) is 0. The van der Waals surface area contributed by atoms with Crippen molar-refractivity contribution in [3.05, 3.63) is 0 Å². The molecule has 0 heterocycles. The van der Waals surface area contributed by atoms with Crippen molar-refractivity contribution in [2.45, 2.75) is 33.2 Å². The van der Waals surface area contributed by atoms with Crippen molar-refractivity contribution in [3.63, 3.8) is 0 Å². The van der Waals surface area contributed by atoms with E-state index in [0.29, 0.717) is 19.5 Å². The summed E-state index contributed by atoms with van der Waals surface area (Å²) in [5.74, 6) is -0.993. The molecule has 1 atom stereocenters. The fraction of sp³-hybridized carbons (Fsp3) is 0.778. The third-order valence-corrected chi connectivity index (χ3v) is 2.05. The standard InChI is InChI=1S/C9H18N2O3/c1-4-7(8(12)13)10-9(14)11(5-2)6-3/h7H,4-6H2,1-3H3,(H,10,14)(H,12,13). The molecule has 2 N–H and O–H groups in total. The number of urea groups is 1. The fourth-order valence-electron chi connectivity index (χ4n) is 1.09. The second-order valence-electron chi connectivity index (χ2n) is 2.92. The van der Waals surface area contributed by atoms with Gasteiger partial charge in [-0.15, -0.1) is 0 Å². The summed E-state index contributed by atoms with van der Waals surface area (Å²) in [4.78, 5) is 23.6. The van der Waals surface area contributed by atoms with Gasteiger partial charge >= 0.3 is 12.0 Å². The quantitative estimate of drug-likeness (QED) is 0.696. The highest BCUT2D eigenvalue weighted by molar-refractivity contribution is 5.82. The van der Waals surface area contributed by atoms with E-state index in [2.05, 4.69) is 5.32 Å². The number of aliphatic carboxylic acids is 1. The first kappa shape index (κ1) is 12.7. The van der Waals surface area contributed by atoms with Gasteiger partial charge in [0.15, 0.2) is 0 Å². The Morgan fingerprint density at radius 1 is 1.29 bits per heavy atom. The van der Waals surface area contributed by atoms with E-state index >= 15 is 0 Å². The van der Waals surface area contributed by atoms with Crippen LogP contribution in [0.1, 0.15) is 27.2 Å². The summed E-state index contributed by atoms with van der Waals surface area (Å²) < 4.78 is 0. The number of carbonyl (C=O) groups excluding carboxylic acids is 1. The van der Waals surface area contributed by atoms with Gasteiger partial charge in [0.25, 0.3) is 0 Å². The number of rotatable bonds is 5. The summed E-state index contributed by atoms with van der Waals surface area (Å²) >= 11 is 0. The van der Waals surface area contributed by atoms with Crippen LogP contribution in [0.15, 0.2) is 0 Å². The van der Waals surface area contributed by atoms with Crippen LogP contribution in [0.4, 0.5) is 4.79 Å². The van der Waals surface area contributed by atoms with Crippen LogP contribution in [0, 0.1) is 0 Å². The van der Waals surface area contributed by atoms with Crippen LogP contribution in [0.3, 0.4) is 0 Å². The maximum absolute atomic E-state index is 11.4. The van der Waals surface area contributed by atoms with Gasteiger partial charge in [-0.25, -0.2) is 9.59 Å². The molecule has 82 valence electrons. The highest BCUT2D eigenvalue weighted by Crippen LogP contribution is 1.94. The molecule has 0 spiro atoms. The number of carboxylic acids is 1. The molecule has 14 heavy (non-hydrogen) atoms. The van der Waals surface area contributed by atoms with Gasteiger partial charge in [0.05, 0.1) is 0 Å². The first-order chi connectivity index (χ1) is 6.56. The summed E-state index contributed by atoms with van der Waals surface area (Å²) in [6.45, 7) is 6.59. The van der Waals surface area contributed by atoms with E-state index in [1.165, 1.54) is 0 Å². The first-order valence-electron chi connectivity index (χ1n) is 4.84. The number of carbonyl (C=O) groups is 2. The van der Waals surface area contributed by atoms with Crippen molar-refractivity contribution in [1.29, 1.82) is 0 Å². The average molecular weight is 202 g/mol. The van der Waals surface area contributed by atoms with Crippen molar-refractivity contribution < 1.29 is 14.7 Å². The number of nitrogens with one attached hydrogen (secondary N) is 1. The Balaban J connectivity index is 4.20. The van der Waals surface area contributed by atoms with Gasteiger partial charge in [0.2, 0.25) is 0 Å². The van der Waals surface area contributed by atoms with Crippen molar-refractivity contribution in [1.82, 2.24) is 10.2 Å². The van der Waals surface area contributed by atoms with Gasteiger partial charge in [-0.3, -0.25) is 0 Å². The third-order valence-electron chi connectivity index (χ3n) is 2.05. The predicted molar refractivity (Wildman–Crippen MR) is 53.2 cm³/mol. The van der Waals surface area contributed by atoms with E-state index in [1.54, 1.807) is 11.8 Å². The molecule has 1 unspecified atom stereocenters. The molecule has 0 bridgehead atoms. The minimum atomic E-state index is -0.993. The molecule has 0 saturated heterocycles. The molecule has 0 fully saturated rings. The summed E-state index contributed by atoms with van der Waals surface area (Å²) in [6.07, 6.45) is 0.391. The van der Waals surface area contributed by atoms with E-state index in [0.717, 1.165) is 0 Å². The van der Waals surface area contributed by atoms with Crippen LogP contribution in [-0.2, 0) is 4.79 Å².